The minimum absolute atomic E-state index is 0.233. The molecule has 1 unspecified atom stereocenters. The Balaban J connectivity index is 1.82. The van der Waals surface area contributed by atoms with E-state index in [0.29, 0.717) is 35.2 Å². The number of hydrogen-bond acceptors (Lipinski definition) is 5. The van der Waals surface area contributed by atoms with Gasteiger partial charge in [-0.15, -0.1) is 0 Å². The summed E-state index contributed by atoms with van der Waals surface area (Å²) in [5.74, 6) is 2.14. The van der Waals surface area contributed by atoms with Crippen LogP contribution in [0.25, 0.3) is 11.4 Å². The van der Waals surface area contributed by atoms with Gasteiger partial charge in [0, 0.05) is 30.8 Å². The number of aliphatic imine (C=N–C) groups is 1. The lowest BCUT2D eigenvalue weighted by Gasteiger charge is -2.21. The van der Waals surface area contributed by atoms with E-state index in [0.717, 1.165) is 25.1 Å². The molecule has 148 valence electrons. The lowest BCUT2D eigenvalue weighted by molar-refractivity contribution is 0.0258. The highest BCUT2D eigenvalue weighted by atomic mass is 35.5. The fourth-order valence-corrected chi connectivity index (χ4v) is 2.80. The van der Waals surface area contributed by atoms with Crippen molar-refractivity contribution < 1.29 is 9.26 Å². The van der Waals surface area contributed by atoms with Gasteiger partial charge in [0.05, 0.1) is 12.6 Å². The Morgan fingerprint density at radius 2 is 2.15 bits per heavy atom. The number of benzene rings is 1. The molecule has 2 rings (SSSR count). The van der Waals surface area contributed by atoms with Gasteiger partial charge in [0.1, 0.15) is 0 Å². The molecule has 1 aromatic heterocycles. The summed E-state index contributed by atoms with van der Waals surface area (Å²) in [6.07, 6.45) is 1.14. The molecule has 0 saturated heterocycles. The molecule has 0 radical (unpaired) electrons. The smallest absolute Gasteiger partial charge is 0.246 e. The number of rotatable bonds is 9. The zero-order chi connectivity index (χ0) is 19.6. The molecule has 0 spiro atoms. The van der Waals surface area contributed by atoms with Crippen molar-refractivity contribution in [2.75, 3.05) is 20.2 Å². The van der Waals surface area contributed by atoms with E-state index in [1.807, 2.05) is 19.1 Å². The van der Waals surface area contributed by atoms with Crippen molar-refractivity contribution in [3.63, 3.8) is 0 Å². The zero-order valence-corrected chi connectivity index (χ0v) is 17.1. The van der Waals surface area contributed by atoms with Crippen molar-refractivity contribution in [3.05, 3.63) is 35.2 Å². The number of nitrogens with zero attached hydrogens (tertiary/aromatic N) is 3. The number of halogens is 1. The first-order valence-electron chi connectivity index (χ1n) is 9.18. The number of hydrogen-bond donors (Lipinski definition) is 2. The Hall–Kier alpha value is -2.12. The highest BCUT2D eigenvalue weighted by molar-refractivity contribution is 6.30. The van der Waals surface area contributed by atoms with Crippen molar-refractivity contribution >= 4 is 17.6 Å². The SMILES string of the molecule is CCOC(CCNC(=NC)NCc1nc(-c2cccc(Cl)c2)no1)C(C)C. The maximum atomic E-state index is 6.00. The maximum Gasteiger partial charge on any atom is 0.246 e. The minimum Gasteiger partial charge on any atom is -0.378 e. The molecule has 27 heavy (non-hydrogen) atoms. The van der Waals surface area contributed by atoms with Gasteiger partial charge in [-0.1, -0.05) is 42.7 Å². The van der Waals surface area contributed by atoms with Crippen LogP contribution in [0.1, 0.15) is 33.1 Å². The largest absolute Gasteiger partial charge is 0.378 e. The Morgan fingerprint density at radius 3 is 2.81 bits per heavy atom. The van der Waals surface area contributed by atoms with Gasteiger partial charge in [-0.25, -0.2) is 0 Å². The molecule has 2 N–H and O–H groups in total. The van der Waals surface area contributed by atoms with Crippen LogP contribution < -0.4 is 10.6 Å². The first kappa shape index (κ1) is 21.2. The van der Waals surface area contributed by atoms with Gasteiger partial charge in [-0.2, -0.15) is 4.98 Å². The van der Waals surface area contributed by atoms with E-state index >= 15 is 0 Å². The normalized spacial score (nSPS) is 13.0. The highest BCUT2D eigenvalue weighted by Crippen LogP contribution is 2.19. The van der Waals surface area contributed by atoms with E-state index in [1.165, 1.54) is 0 Å². The van der Waals surface area contributed by atoms with Crippen LogP contribution in [0.3, 0.4) is 0 Å². The Bertz CT molecular complexity index is 732. The van der Waals surface area contributed by atoms with E-state index in [1.54, 1.807) is 19.2 Å². The topological polar surface area (TPSA) is 84.6 Å². The Labute approximate surface area is 165 Å². The molecule has 1 heterocycles. The van der Waals surface area contributed by atoms with Gasteiger partial charge in [0.15, 0.2) is 5.96 Å². The highest BCUT2D eigenvalue weighted by Gasteiger charge is 2.13. The van der Waals surface area contributed by atoms with Crippen LogP contribution in [0, 0.1) is 5.92 Å². The molecule has 1 aromatic carbocycles. The van der Waals surface area contributed by atoms with Gasteiger partial charge in [0.25, 0.3) is 0 Å². The van der Waals surface area contributed by atoms with E-state index in [4.69, 9.17) is 20.9 Å². The third-order valence-electron chi connectivity index (χ3n) is 4.03. The van der Waals surface area contributed by atoms with Crippen LogP contribution in [0.2, 0.25) is 5.02 Å². The Morgan fingerprint density at radius 1 is 1.33 bits per heavy atom. The van der Waals surface area contributed by atoms with Crippen LogP contribution in [0.4, 0.5) is 0 Å². The van der Waals surface area contributed by atoms with Crippen LogP contribution in [-0.2, 0) is 11.3 Å². The summed E-state index contributed by atoms with van der Waals surface area (Å²) in [7, 11) is 1.73. The van der Waals surface area contributed by atoms with Crippen LogP contribution in [0.15, 0.2) is 33.8 Å². The summed E-state index contributed by atoms with van der Waals surface area (Å²) in [6.45, 7) is 8.22. The van der Waals surface area contributed by atoms with Crippen LogP contribution >= 0.6 is 11.6 Å². The lowest BCUT2D eigenvalue weighted by atomic mass is 10.0. The molecular weight excluding hydrogens is 366 g/mol. The van der Waals surface area contributed by atoms with Gasteiger partial charge in [0.2, 0.25) is 11.7 Å². The molecule has 0 aliphatic rings. The predicted octanol–water partition coefficient (Wildman–Crippen LogP) is 3.51. The molecular formula is C19H28ClN5O2. The maximum absolute atomic E-state index is 6.00. The van der Waals surface area contributed by atoms with E-state index in [2.05, 4.69) is 39.6 Å². The van der Waals surface area contributed by atoms with Gasteiger partial charge in [-0.3, -0.25) is 4.99 Å². The molecule has 0 bridgehead atoms. The standard InChI is InChI=1S/C19H28ClN5O2/c1-5-26-16(13(2)3)9-10-22-19(21-4)23-12-17-24-18(25-27-17)14-7-6-8-15(20)11-14/h6-8,11,13,16H,5,9-10,12H2,1-4H3,(H2,21,22,23). The fourth-order valence-electron chi connectivity index (χ4n) is 2.61. The summed E-state index contributed by atoms with van der Waals surface area (Å²) in [5, 5.41) is 11.1. The molecule has 0 aliphatic heterocycles. The average Bonchev–Trinajstić information content (AvgIpc) is 3.12. The lowest BCUT2D eigenvalue weighted by Crippen LogP contribution is -2.39. The zero-order valence-electron chi connectivity index (χ0n) is 16.3. The monoisotopic (exact) mass is 393 g/mol. The van der Waals surface area contributed by atoms with Crippen LogP contribution in [0.5, 0.6) is 0 Å². The quantitative estimate of drug-likeness (QED) is 0.501. The predicted molar refractivity (Wildman–Crippen MR) is 108 cm³/mol. The van der Waals surface area contributed by atoms with Crippen molar-refractivity contribution in [3.8, 4) is 11.4 Å². The van der Waals surface area contributed by atoms with E-state index < -0.39 is 0 Å². The second-order valence-electron chi connectivity index (χ2n) is 6.40. The van der Waals surface area contributed by atoms with Crippen LogP contribution in [-0.4, -0.2) is 42.4 Å². The fraction of sp³-hybridized carbons (Fsp3) is 0.526. The first-order valence-corrected chi connectivity index (χ1v) is 9.56. The summed E-state index contributed by atoms with van der Waals surface area (Å²) >= 11 is 6.00. The molecule has 0 saturated carbocycles. The molecule has 1 atom stereocenters. The molecule has 0 fully saturated rings. The third-order valence-corrected chi connectivity index (χ3v) is 4.26. The van der Waals surface area contributed by atoms with Gasteiger partial charge >= 0.3 is 0 Å². The molecule has 2 aromatic rings. The minimum atomic E-state index is 0.233. The number of aromatic nitrogens is 2. The summed E-state index contributed by atoms with van der Waals surface area (Å²) in [5.41, 5.74) is 0.815. The second kappa shape index (κ2) is 10.9. The van der Waals surface area contributed by atoms with E-state index in [-0.39, 0.29) is 6.10 Å². The van der Waals surface area contributed by atoms with Gasteiger partial charge < -0.3 is 19.9 Å². The molecule has 0 amide bonds. The van der Waals surface area contributed by atoms with E-state index in [9.17, 15) is 0 Å². The summed E-state index contributed by atoms with van der Waals surface area (Å²) in [4.78, 5) is 8.60. The number of guanidine groups is 1. The second-order valence-corrected chi connectivity index (χ2v) is 6.84. The van der Waals surface area contributed by atoms with Crippen molar-refractivity contribution in [1.29, 1.82) is 0 Å². The van der Waals surface area contributed by atoms with Gasteiger partial charge in [-0.05, 0) is 31.4 Å². The van der Waals surface area contributed by atoms with Crippen molar-refractivity contribution in [2.24, 2.45) is 10.9 Å². The molecule has 7 nitrogen and oxygen atoms in total. The number of ether oxygens (including phenoxy) is 1. The van der Waals surface area contributed by atoms with Crippen molar-refractivity contribution in [2.45, 2.75) is 39.8 Å². The summed E-state index contributed by atoms with van der Waals surface area (Å²) < 4.78 is 11.0. The Kier molecular flexibility index (Phi) is 8.54. The first-order chi connectivity index (χ1) is 13.0. The third kappa shape index (κ3) is 6.84. The molecule has 0 aliphatic carbocycles. The number of nitrogens with one attached hydrogen (secondary N) is 2. The molecule has 8 heteroatoms. The average molecular weight is 394 g/mol. The van der Waals surface area contributed by atoms with Crippen molar-refractivity contribution in [1.82, 2.24) is 20.8 Å². The summed E-state index contributed by atoms with van der Waals surface area (Å²) in [6, 6.07) is 7.34.